The smallest absolute Gasteiger partial charge is 0.257 e. The van der Waals surface area contributed by atoms with Crippen LogP contribution in [-0.2, 0) is 4.79 Å². The second kappa shape index (κ2) is 7.79. The van der Waals surface area contributed by atoms with Gasteiger partial charge in [0.15, 0.2) is 11.5 Å². The number of carbonyl (C=O) groups excluding carboxylic acids is 1. The van der Waals surface area contributed by atoms with E-state index in [-0.39, 0.29) is 17.9 Å². The molecule has 0 saturated heterocycles. The Labute approximate surface area is 167 Å². The molecular weight excluding hydrogens is 370 g/mol. The third kappa shape index (κ3) is 3.59. The van der Waals surface area contributed by atoms with Crippen molar-refractivity contribution in [3.05, 3.63) is 70.0 Å². The summed E-state index contributed by atoms with van der Waals surface area (Å²) in [6, 6.07) is 14.8. The van der Waals surface area contributed by atoms with E-state index in [4.69, 9.17) is 9.47 Å². The van der Waals surface area contributed by atoms with Crippen molar-refractivity contribution in [2.75, 3.05) is 19.0 Å². The first-order valence-electron chi connectivity index (χ1n) is 9.41. The minimum Gasteiger partial charge on any atom is -0.493 e. The highest BCUT2D eigenvalue weighted by molar-refractivity contribution is 5.94. The third-order valence-electron chi connectivity index (χ3n) is 4.89. The fraction of sp³-hybridized carbons (Fsp3) is 0.227. The zero-order valence-electron chi connectivity index (χ0n) is 16.2. The summed E-state index contributed by atoms with van der Waals surface area (Å²) in [7, 11) is 1.56. The van der Waals surface area contributed by atoms with E-state index in [9.17, 15) is 9.59 Å². The molecule has 0 spiro atoms. The summed E-state index contributed by atoms with van der Waals surface area (Å²) in [5, 5.41) is 2.74. The minimum atomic E-state index is -0.426. The molecule has 2 heterocycles. The Hall–Kier alpha value is -3.61. The molecule has 29 heavy (non-hydrogen) atoms. The standard InChI is InChI=1S/C22H21N3O4/c1-3-29-16-10-9-14(11-17(16)28-2)15-12-18(26)23-21-19(15)22(27)25-20(24-21)13-7-5-4-6-8-13/h4-11,15H,3,12H2,1-2H3,(H2,23,24,25,26,27)/t15-/m1/s1. The fourth-order valence-electron chi connectivity index (χ4n) is 3.56. The van der Waals surface area contributed by atoms with Gasteiger partial charge in [-0.25, -0.2) is 4.98 Å². The lowest BCUT2D eigenvalue weighted by Crippen LogP contribution is -2.31. The maximum atomic E-state index is 13.0. The Morgan fingerprint density at radius 3 is 2.62 bits per heavy atom. The summed E-state index contributed by atoms with van der Waals surface area (Å²) in [4.78, 5) is 32.7. The molecule has 7 heteroatoms. The van der Waals surface area contributed by atoms with Gasteiger partial charge >= 0.3 is 0 Å². The van der Waals surface area contributed by atoms with E-state index in [0.29, 0.717) is 35.3 Å². The SMILES string of the molecule is CCOc1ccc([C@H]2CC(=O)Nc3nc(-c4ccccc4)[nH]c(=O)c32)cc1OC. The molecule has 0 aliphatic carbocycles. The van der Waals surface area contributed by atoms with Crippen molar-refractivity contribution in [3.63, 3.8) is 0 Å². The van der Waals surface area contributed by atoms with Gasteiger partial charge in [0, 0.05) is 17.9 Å². The molecule has 0 saturated carbocycles. The van der Waals surface area contributed by atoms with Crippen LogP contribution < -0.4 is 20.3 Å². The summed E-state index contributed by atoms with van der Waals surface area (Å²) in [6.45, 7) is 2.40. The monoisotopic (exact) mass is 391 g/mol. The van der Waals surface area contributed by atoms with Gasteiger partial charge in [0.05, 0.1) is 19.3 Å². The number of carbonyl (C=O) groups is 1. The van der Waals surface area contributed by atoms with Crippen molar-refractivity contribution >= 4 is 11.7 Å². The number of benzene rings is 2. The van der Waals surface area contributed by atoms with E-state index in [2.05, 4.69) is 15.3 Å². The second-order valence-electron chi connectivity index (χ2n) is 6.69. The number of hydrogen-bond donors (Lipinski definition) is 2. The maximum absolute atomic E-state index is 13.0. The van der Waals surface area contributed by atoms with Gasteiger partial charge in [-0.2, -0.15) is 0 Å². The summed E-state index contributed by atoms with van der Waals surface area (Å²) >= 11 is 0. The molecule has 1 aromatic heterocycles. The average molecular weight is 391 g/mol. The molecule has 2 N–H and O–H groups in total. The molecular formula is C22H21N3O4. The molecule has 0 fully saturated rings. The third-order valence-corrected chi connectivity index (χ3v) is 4.89. The fourth-order valence-corrected chi connectivity index (χ4v) is 3.56. The second-order valence-corrected chi connectivity index (χ2v) is 6.69. The largest absolute Gasteiger partial charge is 0.493 e. The Morgan fingerprint density at radius 1 is 1.10 bits per heavy atom. The van der Waals surface area contributed by atoms with Gasteiger partial charge in [0.25, 0.3) is 5.56 Å². The Balaban J connectivity index is 1.81. The molecule has 0 unspecified atom stereocenters. The quantitative estimate of drug-likeness (QED) is 0.696. The number of amides is 1. The predicted octanol–water partition coefficient (Wildman–Crippen LogP) is 3.32. The zero-order valence-corrected chi connectivity index (χ0v) is 16.2. The lowest BCUT2D eigenvalue weighted by atomic mass is 9.86. The molecule has 0 radical (unpaired) electrons. The molecule has 1 atom stereocenters. The molecule has 0 bridgehead atoms. The van der Waals surface area contributed by atoms with E-state index in [1.54, 1.807) is 13.2 Å². The van der Waals surface area contributed by atoms with Crippen molar-refractivity contribution in [2.45, 2.75) is 19.3 Å². The van der Waals surface area contributed by atoms with Gasteiger partial charge in [-0.1, -0.05) is 36.4 Å². The number of fused-ring (bicyclic) bond motifs is 1. The highest BCUT2D eigenvalue weighted by Gasteiger charge is 2.31. The van der Waals surface area contributed by atoms with E-state index in [1.165, 1.54) is 0 Å². The highest BCUT2D eigenvalue weighted by atomic mass is 16.5. The first kappa shape index (κ1) is 18.7. The molecule has 3 aromatic rings. The normalized spacial score (nSPS) is 15.4. The molecule has 1 amide bonds. The zero-order chi connectivity index (χ0) is 20.4. The topological polar surface area (TPSA) is 93.3 Å². The van der Waals surface area contributed by atoms with Gasteiger partial charge in [-0.05, 0) is 24.6 Å². The maximum Gasteiger partial charge on any atom is 0.257 e. The molecule has 1 aliphatic rings. The molecule has 7 nitrogen and oxygen atoms in total. The highest BCUT2D eigenvalue weighted by Crippen LogP contribution is 2.38. The minimum absolute atomic E-state index is 0.152. The van der Waals surface area contributed by atoms with Crippen LogP contribution in [0.25, 0.3) is 11.4 Å². The molecule has 2 aromatic carbocycles. The van der Waals surface area contributed by atoms with Crippen LogP contribution in [0, 0.1) is 0 Å². The van der Waals surface area contributed by atoms with Gasteiger partial charge in [0.1, 0.15) is 11.6 Å². The Bertz CT molecular complexity index is 1110. The lowest BCUT2D eigenvalue weighted by molar-refractivity contribution is -0.116. The van der Waals surface area contributed by atoms with Gasteiger partial charge in [0.2, 0.25) is 5.91 Å². The van der Waals surface area contributed by atoms with Gasteiger partial charge in [-0.15, -0.1) is 0 Å². The van der Waals surface area contributed by atoms with Crippen molar-refractivity contribution in [2.24, 2.45) is 0 Å². The first-order valence-corrected chi connectivity index (χ1v) is 9.41. The van der Waals surface area contributed by atoms with E-state index in [1.807, 2.05) is 49.4 Å². The van der Waals surface area contributed by atoms with E-state index >= 15 is 0 Å². The number of hydrogen-bond acceptors (Lipinski definition) is 5. The van der Waals surface area contributed by atoms with Crippen LogP contribution in [-0.4, -0.2) is 29.6 Å². The van der Waals surface area contributed by atoms with Crippen molar-refractivity contribution < 1.29 is 14.3 Å². The van der Waals surface area contributed by atoms with E-state index < -0.39 is 5.92 Å². The summed E-state index contributed by atoms with van der Waals surface area (Å²) < 4.78 is 11.0. The number of anilines is 1. The van der Waals surface area contributed by atoms with Crippen LogP contribution in [0.15, 0.2) is 53.3 Å². The Morgan fingerprint density at radius 2 is 1.90 bits per heavy atom. The van der Waals surface area contributed by atoms with Gasteiger partial charge < -0.3 is 19.8 Å². The number of aromatic amines is 1. The number of aromatic nitrogens is 2. The van der Waals surface area contributed by atoms with Crippen LogP contribution in [0.4, 0.5) is 5.82 Å². The van der Waals surface area contributed by atoms with Gasteiger partial charge in [-0.3, -0.25) is 9.59 Å². The number of H-pyrrole nitrogens is 1. The molecule has 4 rings (SSSR count). The van der Waals surface area contributed by atoms with Crippen LogP contribution >= 0.6 is 0 Å². The average Bonchev–Trinajstić information content (AvgIpc) is 2.74. The van der Waals surface area contributed by atoms with Crippen molar-refractivity contribution in [3.8, 4) is 22.9 Å². The van der Waals surface area contributed by atoms with Crippen LogP contribution in [0.2, 0.25) is 0 Å². The van der Waals surface area contributed by atoms with Crippen LogP contribution in [0.5, 0.6) is 11.5 Å². The number of rotatable bonds is 5. The summed E-state index contributed by atoms with van der Waals surface area (Å²) in [6.07, 6.45) is 0.152. The van der Waals surface area contributed by atoms with Crippen molar-refractivity contribution in [1.82, 2.24) is 9.97 Å². The van der Waals surface area contributed by atoms with Crippen LogP contribution in [0.1, 0.15) is 30.4 Å². The van der Waals surface area contributed by atoms with E-state index in [0.717, 1.165) is 11.1 Å². The number of nitrogens with zero attached hydrogens (tertiary/aromatic N) is 1. The predicted molar refractivity (Wildman–Crippen MR) is 110 cm³/mol. The number of ether oxygens (including phenoxy) is 2. The number of methoxy groups -OCH3 is 1. The molecule has 148 valence electrons. The Kier molecular flexibility index (Phi) is 5.03. The number of nitrogens with one attached hydrogen (secondary N) is 2. The lowest BCUT2D eigenvalue weighted by Gasteiger charge is -2.25. The molecule has 1 aliphatic heterocycles. The van der Waals surface area contributed by atoms with Crippen LogP contribution in [0.3, 0.4) is 0 Å². The summed E-state index contributed by atoms with van der Waals surface area (Å²) in [5.74, 6) is 1.27. The summed E-state index contributed by atoms with van der Waals surface area (Å²) in [5.41, 5.74) is 1.73. The van der Waals surface area contributed by atoms with Crippen molar-refractivity contribution in [1.29, 1.82) is 0 Å². The first-order chi connectivity index (χ1) is 14.1.